The fourth-order valence-electron chi connectivity index (χ4n) is 4.71. The maximum atomic E-state index is 15.4. The SMILES string of the molecule is CC(=O)c1ccc([C@H](c2cccc(C)c2)N2C[C@@H](F)N(Cc3ccccc3F)C[C@@H]2C)cc1. The molecule has 1 aliphatic rings. The number of Topliss-reactive ketones (excluding diaryl/α,β-unsaturated/α-hetero) is 1. The number of nitrogens with zero attached hydrogens (tertiary/aromatic N) is 2. The van der Waals surface area contributed by atoms with Crippen molar-refractivity contribution in [1.82, 2.24) is 9.80 Å². The first-order valence-electron chi connectivity index (χ1n) is 11.4. The van der Waals surface area contributed by atoms with Crippen molar-refractivity contribution in [3.63, 3.8) is 0 Å². The molecule has 1 heterocycles. The molecule has 1 aliphatic heterocycles. The minimum atomic E-state index is -1.22. The molecular formula is C28H30F2N2O. The van der Waals surface area contributed by atoms with Gasteiger partial charge >= 0.3 is 0 Å². The van der Waals surface area contributed by atoms with E-state index in [2.05, 4.69) is 24.0 Å². The number of aryl methyl sites for hydroxylation is 1. The van der Waals surface area contributed by atoms with Gasteiger partial charge in [-0.25, -0.2) is 8.78 Å². The molecule has 0 amide bonds. The summed E-state index contributed by atoms with van der Waals surface area (Å²) in [5.41, 5.74) is 4.42. The van der Waals surface area contributed by atoms with Crippen molar-refractivity contribution >= 4 is 5.78 Å². The van der Waals surface area contributed by atoms with Gasteiger partial charge in [0.2, 0.25) is 0 Å². The van der Waals surface area contributed by atoms with Crippen LogP contribution >= 0.6 is 0 Å². The average molecular weight is 449 g/mol. The third kappa shape index (κ3) is 5.21. The average Bonchev–Trinajstić information content (AvgIpc) is 2.79. The highest BCUT2D eigenvalue weighted by molar-refractivity contribution is 5.94. The summed E-state index contributed by atoms with van der Waals surface area (Å²) >= 11 is 0. The molecule has 3 aromatic carbocycles. The smallest absolute Gasteiger partial charge is 0.166 e. The molecule has 1 saturated heterocycles. The van der Waals surface area contributed by atoms with E-state index in [1.54, 1.807) is 30.0 Å². The molecule has 0 radical (unpaired) electrons. The normalized spacial score (nSPS) is 20.5. The third-order valence-electron chi connectivity index (χ3n) is 6.48. The Morgan fingerprint density at radius 2 is 1.73 bits per heavy atom. The predicted molar refractivity (Wildman–Crippen MR) is 127 cm³/mol. The quantitative estimate of drug-likeness (QED) is 0.345. The highest BCUT2D eigenvalue weighted by Crippen LogP contribution is 2.34. The standard InChI is InChI=1S/C28H30F2N2O/c1-19-7-6-9-24(15-19)28(23-13-11-22(12-14-23)21(3)33)32-18-27(30)31(16-20(32)2)17-25-8-4-5-10-26(25)29/h4-15,20,27-28H,16-18H2,1-3H3/t20-,27-,28+/m0/s1. The van der Waals surface area contributed by atoms with E-state index in [1.165, 1.54) is 6.07 Å². The van der Waals surface area contributed by atoms with Crippen molar-refractivity contribution in [2.75, 3.05) is 13.1 Å². The maximum absolute atomic E-state index is 15.4. The molecule has 4 rings (SSSR count). The molecule has 172 valence electrons. The lowest BCUT2D eigenvalue weighted by atomic mass is 9.92. The van der Waals surface area contributed by atoms with Crippen LogP contribution in [0.1, 0.15) is 52.5 Å². The fourth-order valence-corrected chi connectivity index (χ4v) is 4.71. The minimum Gasteiger partial charge on any atom is -0.295 e. The van der Waals surface area contributed by atoms with Gasteiger partial charge in [-0.1, -0.05) is 72.3 Å². The Kier molecular flexibility index (Phi) is 7.01. The van der Waals surface area contributed by atoms with Gasteiger partial charge in [-0.15, -0.1) is 0 Å². The second kappa shape index (κ2) is 9.94. The Hall–Kier alpha value is -2.89. The van der Waals surface area contributed by atoms with Crippen LogP contribution in [-0.2, 0) is 6.54 Å². The lowest BCUT2D eigenvalue weighted by Gasteiger charge is -2.46. The van der Waals surface area contributed by atoms with Gasteiger partial charge in [0.1, 0.15) is 5.82 Å². The first-order chi connectivity index (χ1) is 15.8. The minimum absolute atomic E-state index is 0.0209. The molecule has 0 N–H and O–H groups in total. The Bertz CT molecular complexity index is 1110. The lowest BCUT2D eigenvalue weighted by Crippen LogP contribution is -2.56. The number of rotatable bonds is 6. The Morgan fingerprint density at radius 3 is 2.39 bits per heavy atom. The number of ketones is 1. The van der Waals surface area contributed by atoms with E-state index >= 15 is 4.39 Å². The molecule has 5 heteroatoms. The van der Waals surface area contributed by atoms with Crippen molar-refractivity contribution in [1.29, 1.82) is 0 Å². The molecule has 3 aromatic rings. The third-order valence-corrected chi connectivity index (χ3v) is 6.48. The summed E-state index contributed by atoms with van der Waals surface area (Å²) in [5, 5.41) is 0. The van der Waals surface area contributed by atoms with Crippen LogP contribution in [-0.4, -0.2) is 41.0 Å². The van der Waals surface area contributed by atoms with Crippen LogP contribution in [0.4, 0.5) is 8.78 Å². The van der Waals surface area contributed by atoms with Crippen molar-refractivity contribution in [2.24, 2.45) is 0 Å². The van der Waals surface area contributed by atoms with Crippen molar-refractivity contribution in [3.8, 4) is 0 Å². The molecule has 0 saturated carbocycles. The summed E-state index contributed by atoms with van der Waals surface area (Å²) in [7, 11) is 0. The van der Waals surface area contributed by atoms with Crippen molar-refractivity contribution in [3.05, 3.63) is 106 Å². The van der Waals surface area contributed by atoms with Gasteiger partial charge in [0.15, 0.2) is 12.1 Å². The second-order valence-electron chi connectivity index (χ2n) is 9.00. The van der Waals surface area contributed by atoms with E-state index in [9.17, 15) is 9.18 Å². The molecule has 0 bridgehead atoms. The van der Waals surface area contributed by atoms with Crippen LogP contribution in [0.2, 0.25) is 0 Å². The lowest BCUT2D eigenvalue weighted by molar-refractivity contribution is -0.0446. The van der Waals surface area contributed by atoms with E-state index < -0.39 is 6.30 Å². The van der Waals surface area contributed by atoms with E-state index in [0.717, 1.165) is 16.7 Å². The topological polar surface area (TPSA) is 23.6 Å². The number of piperazine rings is 1. The molecule has 0 spiro atoms. The zero-order valence-electron chi connectivity index (χ0n) is 19.3. The van der Waals surface area contributed by atoms with E-state index in [-0.39, 0.29) is 36.8 Å². The molecule has 3 nitrogen and oxygen atoms in total. The van der Waals surface area contributed by atoms with Gasteiger partial charge in [-0.3, -0.25) is 14.6 Å². The number of carbonyl (C=O) groups is 1. The molecule has 1 fully saturated rings. The number of hydrogen-bond acceptors (Lipinski definition) is 3. The molecule has 0 aliphatic carbocycles. The Balaban J connectivity index is 1.63. The van der Waals surface area contributed by atoms with E-state index in [1.807, 2.05) is 43.3 Å². The zero-order valence-corrected chi connectivity index (χ0v) is 19.3. The molecular weight excluding hydrogens is 418 g/mol. The first kappa shape index (κ1) is 23.3. The van der Waals surface area contributed by atoms with Crippen LogP contribution in [0.3, 0.4) is 0 Å². The number of hydrogen-bond donors (Lipinski definition) is 0. The fraction of sp³-hybridized carbons (Fsp3) is 0.321. The number of halogens is 2. The summed E-state index contributed by atoms with van der Waals surface area (Å²) in [5.74, 6) is -0.282. The summed E-state index contributed by atoms with van der Waals surface area (Å²) in [6.07, 6.45) is -1.22. The van der Waals surface area contributed by atoms with Gasteiger partial charge in [-0.2, -0.15) is 0 Å². The van der Waals surface area contributed by atoms with Crippen molar-refractivity contribution in [2.45, 2.75) is 45.7 Å². The molecule has 3 atom stereocenters. The number of benzene rings is 3. The summed E-state index contributed by atoms with van der Waals surface area (Å²) < 4.78 is 29.6. The summed E-state index contributed by atoms with van der Waals surface area (Å²) in [6.45, 7) is 6.64. The van der Waals surface area contributed by atoms with E-state index in [0.29, 0.717) is 17.7 Å². The van der Waals surface area contributed by atoms with Gasteiger partial charge < -0.3 is 0 Å². The second-order valence-corrected chi connectivity index (χ2v) is 9.00. The monoisotopic (exact) mass is 448 g/mol. The van der Waals surface area contributed by atoms with Crippen LogP contribution in [0.5, 0.6) is 0 Å². The largest absolute Gasteiger partial charge is 0.295 e. The van der Waals surface area contributed by atoms with Crippen LogP contribution in [0.15, 0.2) is 72.8 Å². The van der Waals surface area contributed by atoms with Crippen LogP contribution in [0, 0.1) is 12.7 Å². The number of carbonyl (C=O) groups excluding carboxylic acids is 1. The van der Waals surface area contributed by atoms with Gasteiger partial charge in [0.05, 0.1) is 6.04 Å². The maximum Gasteiger partial charge on any atom is 0.166 e. The summed E-state index contributed by atoms with van der Waals surface area (Å²) in [4.78, 5) is 15.7. The number of alkyl halides is 1. The Labute approximate surface area is 194 Å². The van der Waals surface area contributed by atoms with Gasteiger partial charge in [0.25, 0.3) is 0 Å². The van der Waals surface area contributed by atoms with Gasteiger partial charge in [0, 0.05) is 36.8 Å². The highest BCUT2D eigenvalue weighted by Gasteiger charge is 2.37. The molecule has 33 heavy (non-hydrogen) atoms. The molecule has 0 unspecified atom stereocenters. The van der Waals surface area contributed by atoms with Crippen LogP contribution < -0.4 is 0 Å². The van der Waals surface area contributed by atoms with Gasteiger partial charge in [-0.05, 0) is 38.0 Å². The highest BCUT2D eigenvalue weighted by atomic mass is 19.1. The molecule has 0 aromatic heterocycles. The first-order valence-corrected chi connectivity index (χ1v) is 11.4. The van der Waals surface area contributed by atoms with E-state index in [4.69, 9.17) is 0 Å². The van der Waals surface area contributed by atoms with Crippen LogP contribution in [0.25, 0.3) is 0 Å². The Morgan fingerprint density at radius 1 is 1.00 bits per heavy atom. The predicted octanol–water partition coefficient (Wildman–Crippen LogP) is 5.93. The zero-order chi connectivity index (χ0) is 23.5. The summed E-state index contributed by atoms with van der Waals surface area (Å²) in [6, 6.07) is 22.4. The van der Waals surface area contributed by atoms with Crippen molar-refractivity contribution < 1.29 is 13.6 Å².